The van der Waals surface area contributed by atoms with Gasteiger partial charge in [-0.3, -0.25) is 4.98 Å². The number of nitrogens with one attached hydrogen (secondary N) is 1. The minimum Gasteiger partial charge on any atom is -0.353 e. The fourth-order valence-electron chi connectivity index (χ4n) is 1.91. The molecule has 1 N–H and O–H groups in total. The van der Waals surface area contributed by atoms with Crippen molar-refractivity contribution in [2.24, 2.45) is 0 Å². The summed E-state index contributed by atoms with van der Waals surface area (Å²) in [5, 5.41) is 0.188. The highest BCUT2D eigenvalue weighted by atomic mass is 35.5. The highest BCUT2D eigenvalue weighted by Crippen LogP contribution is 2.22. The third-order valence-corrected chi connectivity index (χ3v) is 2.91. The van der Waals surface area contributed by atoms with Gasteiger partial charge in [0.15, 0.2) is 11.5 Å². The summed E-state index contributed by atoms with van der Waals surface area (Å²) < 4.78 is 0. The Morgan fingerprint density at radius 3 is 3.05 bits per heavy atom. The zero-order chi connectivity index (χ0) is 13.2. The van der Waals surface area contributed by atoms with Gasteiger partial charge in [0.2, 0.25) is 5.28 Å². The van der Waals surface area contributed by atoms with Crippen LogP contribution in [0.1, 0.15) is 5.56 Å². The lowest BCUT2D eigenvalue weighted by molar-refractivity contribution is 0.892. The number of hydrogen-bond acceptors (Lipinski definition) is 5. The van der Waals surface area contributed by atoms with Crippen molar-refractivity contribution in [2.75, 3.05) is 11.9 Å². The predicted octanol–water partition coefficient (Wildman–Crippen LogP) is 2.04. The van der Waals surface area contributed by atoms with Crippen molar-refractivity contribution in [1.29, 1.82) is 0 Å². The molecule has 6 nitrogen and oxygen atoms in total. The van der Waals surface area contributed by atoms with Gasteiger partial charge in [0.1, 0.15) is 5.52 Å². The first-order chi connectivity index (χ1) is 9.24. The van der Waals surface area contributed by atoms with Crippen LogP contribution in [-0.4, -0.2) is 32.0 Å². The second-order valence-electron chi connectivity index (χ2n) is 4.13. The molecule has 0 aliphatic carbocycles. The number of anilines is 1. The third kappa shape index (κ3) is 2.34. The number of aromatic amines is 1. The van der Waals surface area contributed by atoms with Crippen molar-refractivity contribution >= 4 is 28.6 Å². The summed E-state index contributed by atoms with van der Waals surface area (Å²) in [6.45, 7) is 0.676. The van der Waals surface area contributed by atoms with Gasteiger partial charge in [-0.2, -0.15) is 9.97 Å². The molecule has 3 rings (SSSR count). The van der Waals surface area contributed by atoms with Crippen molar-refractivity contribution in [1.82, 2.24) is 24.9 Å². The lowest BCUT2D eigenvalue weighted by Gasteiger charge is -2.18. The standard InChI is InChI=1S/C12H11ClN6/c1-19(6-8-3-2-4-14-5-8)11-9-10(16-7-15-9)17-12(13)18-11/h2-5,7H,6H2,1H3,(H,15,16,17,18). The molecule has 3 aromatic rings. The smallest absolute Gasteiger partial charge is 0.226 e. The number of pyridine rings is 1. The van der Waals surface area contributed by atoms with Gasteiger partial charge < -0.3 is 9.88 Å². The molecule has 0 fully saturated rings. The molecule has 0 radical (unpaired) electrons. The fraction of sp³-hybridized carbons (Fsp3) is 0.167. The van der Waals surface area contributed by atoms with E-state index in [4.69, 9.17) is 11.6 Å². The molecule has 96 valence electrons. The van der Waals surface area contributed by atoms with Crippen LogP contribution in [0.25, 0.3) is 11.2 Å². The van der Waals surface area contributed by atoms with E-state index in [0.29, 0.717) is 12.2 Å². The number of hydrogen-bond donors (Lipinski definition) is 1. The minimum atomic E-state index is 0.188. The van der Waals surface area contributed by atoms with E-state index in [1.54, 1.807) is 12.5 Å². The van der Waals surface area contributed by atoms with Gasteiger partial charge in [-0.1, -0.05) is 6.07 Å². The van der Waals surface area contributed by atoms with E-state index in [1.807, 2.05) is 30.3 Å². The molecule has 3 aromatic heterocycles. The van der Waals surface area contributed by atoms with Gasteiger partial charge in [0.25, 0.3) is 0 Å². The summed E-state index contributed by atoms with van der Waals surface area (Å²) in [4.78, 5) is 21.5. The van der Waals surface area contributed by atoms with E-state index >= 15 is 0 Å². The Balaban J connectivity index is 1.97. The molecule has 0 aliphatic rings. The molecule has 0 spiro atoms. The van der Waals surface area contributed by atoms with Crippen LogP contribution >= 0.6 is 11.6 Å². The number of aromatic nitrogens is 5. The van der Waals surface area contributed by atoms with Crippen molar-refractivity contribution in [3.05, 3.63) is 41.7 Å². The molecule has 0 saturated carbocycles. The van der Waals surface area contributed by atoms with Crippen LogP contribution in [0.15, 0.2) is 30.9 Å². The molecule has 19 heavy (non-hydrogen) atoms. The van der Waals surface area contributed by atoms with Crippen LogP contribution in [0.2, 0.25) is 5.28 Å². The van der Waals surface area contributed by atoms with Gasteiger partial charge in [0.05, 0.1) is 6.33 Å². The zero-order valence-electron chi connectivity index (χ0n) is 10.2. The first-order valence-corrected chi connectivity index (χ1v) is 6.08. The number of imidazole rings is 1. The average Bonchev–Trinajstić information content (AvgIpc) is 2.86. The fourth-order valence-corrected chi connectivity index (χ4v) is 2.07. The van der Waals surface area contributed by atoms with Gasteiger partial charge >= 0.3 is 0 Å². The van der Waals surface area contributed by atoms with Crippen LogP contribution in [0.5, 0.6) is 0 Å². The molecule has 0 aromatic carbocycles. The maximum atomic E-state index is 5.91. The second kappa shape index (κ2) is 4.81. The molecule has 0 bridgehead atoms. The van der Waals surface area contributed by atoms with Crippen LogP contribution in [-0.2, 0) is 6.54 Å². The van der Waals surface area contributed by atoms with Crippen LogP contribution in [0, 0.1) is 0 Å². The van der Waals surface area contributed by atoms with Crippen LogP contribution in [0.4, 0.5) is 5.82 Å². The van der Waals surface area contributed by atoms with E-state index in [2.05, 4.69) is 24.9 Å². The van der Waals surface area contributed by atoms with Crippen molar-refractivity contribution in [2.45, 2.75) is 6.54 Å². The largest absolute Gasteiger partial charge is 0.353 e. The van der Waals surface area contributed by atoms with Crippen LogP contribution in [0.3, 0.4) is 0 Å². The molecular weight excluding hydrogens is 264 g/mol. The number of nitrogens with zero attached hydrogens (tertiary/aromatic N) is 5. The van der Waals surface area contributed by atoms with E-state index in [-0.39, 0.29) is 5.28 Å². The maximum Gasteiger partial charge on any atom is 0.226 e. The van der Waals surface area contributed by atoms with E-state index < -0.39 is 0 Å². The summed E-state index contributed by atoms with van der Waals surface area (Å²) in [5.41, 5.74) is 2.43. The number of rotatable bonds is 3. The molecule has 0 unspecified atom stereocenters. The summed E-state index contributed by atoms with van der Waals surface area (Å²) in [6.07, 6.45) is 5.15. The normalized spacial score (nSPS) is 10.8. The lowest BCUT2D eigenvalue weighted by atomic mass is 10.2. The van der Waals surface area contributed by atoms with Gasteiger partial charge in [-0.05, 0) is 23.2 Å². The molecule has 7 heteroatoms. The Morgan fingerprint density at radius 1 is 1.37 bits per heavy atom. The van der Waals surface area contributed by atoms with Gasteiger partial charge in [-0.15, -0.1) is 0 Å². The zero-order valence-corrected chi connectivity index (χ0v) is 11.0. The summed E-state index contributed by atoms with van der Waals surface area (Å²) in [5.74, 6) is 0.719. The van der Waals surface area contributed by atoms with E-state index in [0.717, 1.165) is 16.9 Å². The first-order valence-electron chi connectivity index (χ1n) is 5.70. The van der Waals surface area contributed by atoms with E-state index in [9.17, 15) is 0 Å². The molecule has 0 amide bonds. The van der Waals surface area contributed by atoms with Crippen molar-refractivity contribution < 1.29 is 0 Å². The summed E-state index contributed by atoms with van der Waals surface area (Å²) >= 11 is 5.91. The van der Waals surface area contributed by atoms with Crippen LogP contribution < -0.4 is 4.90 Å². The maximum absolute atomic E-state index is 5.91. The van der Waals surface area contributed by atoms with Crippen molar-refractivity contribution in [3.63, 3.8) is 0 Å². The summed E-state index contributed by atoms with van der Waals surface area (Å²) in [6, 6.07) is 3.92. The highest BCUT2D eigenvalue weighted by Gasteiger charge is 2.13. The Kier molecular flexibility index (Phi) is 3.00. The Morgan fingerprint density at radius 2 is 2.26 bits per heavy atom. The Labute approximate surface area is 114 Å². The number of halogens is 1. The molecule has 3 heterocycles. The third-order valence-electron chi connectivity index (χ3n) is 2.74. The second-order valence-corrected chi connectivity index (χ2v) is 4.47. The number of H-pyrrole nitrogens is 1. The highest BCUT2D eigenvalue weighted by molar-refractivity contribution is 6.28. The Hall–Kier alpha value is -2.21. The SMILES string of the molecule is CN(Cc1cccnc1)c1nc(Cl)nc2nc[nH]c12. The average molecular weight is 275 g/mol. The number of fused-ring (bicyclic) bond motifs is 1. The molecule has 0 saturated heterocycles. The van der Waals surface area contributed by atoms with Gasteiger partial charge in [0, 0.05) is 26.0 Å². The lowest BCUT2D eigenvalue weighted by Crippen LogP contribution is -2.18. The Bertz CT molecular complexity index is 696. The topological polar surface area (TPSA) is 70.6 Å². The molecular formula is C12H11ClN6. The monoisotopic (exact) mass is 274 g/mol. The first kappa shape index (κ1) is 11.9. The molecule has 0 atom stereocenters. The predicted molar refractivity (Wildman–Crippen MR) is 73.0 cm³/mol. The minimum absolute atomic E-state index is 0.188. The van der Waals surface area contributed by atoms with E-state index in [1.165, 1.54) is 0 Å². The van der Waals surface area contributed by atoms with Gasteiger partial charge in [-0.25, -0.2) is 4.98 Å². The molecule has 0 aliphatic heterocycles. The van der Waals surface area contributed by atoms with Crippen molar-refractivity contribution in [3.8, 4) is 0 Å². The summed E-state index contributed by atoms with van der Waals surface area (Å²) in [7, 11) is 1.94. The quantitative estimate of drug-likeness (QED) is 0.740.